The van der Waals surface area contributed by atoms with Gasteiger partial charge in [-0.1, -0.05) is 19.1 Å². The van der Waals surface area contributed by atoms with Crippen molar-refractivity contribution in [2.24, 2.45) is 0 Å². The first-order valence-electron chi connectivity index (χ1n) is 8.03. The lowest BCUT2D eigenvalue weighted by Crippen LogP contribution is -2.03. The molecule has 0 radical (unpaired) electrons. The molecule has 1 aromatic carbocycles. The van der Waals surface area contributed by atoms with E-state index in [2.05, 4.69) is 34.3 Å². The fourth-order valence-electron chi connectivity index (χ4n) is 2.56. The summed E-state index contributed by atoms with van der Waals surface area (Å²) in [6, 6.07) is 8.11. The molecule has 0 unspecified atom stereocenters. The summed E-state index contributed by atoms with van der Waals surface area (Å²) in [4.78, 5) is 21.9. The Morgan fingerprint density at radius 2 is 1.96 bits per heavy atom. The quantitative estimate of drug-likeness (QED) is 0.494. The molecule has 0 bridgehead atoms. The Morgan fingerprint density at radius 3 is 2.60 bits per heavy atom. The normalized spacial score (nSPS) is 10.9. The van der Waals surface area contributed by atoms with E-state index in [4.69, 9.17) is 16.3 Å². The summed E-state index contributed by atoms with van der Waals surface area (Å²) < 4.78 is 5.12. The van der Waals surface area contributed by atoms with Crippen molar-refractivity contribution in [3.8, 4) is 0 Å². The Balaban J connectivity index is 2.05. The van der Waals surface area contributed by atoms with Crippen LogP contribution in [0.15, 0.2) is 24.3 Å². The minimum atomic E-state index is -0.350. The van der Waals surface area contributed by atoms with Gasteiger partial charge in [0.1, 0.15) is 15.5 Å². The zero-order chi connectivity index (χ0) is 18.0. The van der Waals surface area contributed by atoms with E-state index < -0.39 is 0 Å². The average Bonchev–Trinajstić information content (AvgIpc) is 2.92. The van der Waals surface area contributed by atoms with Gasteiger partial charge in [0.25, 0.3) is 0 Å². The van der Waals surface area contributed by atoms with Crippen molar-refractivity contribution in [1.29, 1.82) is 0 Å². The van der Waals surface area contributed by atoms with Crippen molar-refractivity contribution < 1.29 is 9.53 Å². The minimum Gasteiger partial charge on any atom is -0.462 e. The molecule has 3 rings (SSSR count). The zero-order valence-electron chi connectivity index (χ0n) is 14.2. The third kappa shape index (κ3) is 3.60. The highest BCUT2D eigenvalue weighted by Crippen LogP contribution is 2.36. The topological polar surface area (TPSA) is 64.1 Å². The van der Waals surface area contributed by atoms with E-state index in [1.54, 1.807) is 6.92 Å². The number of rotatable bonds is 5. The van der Waals surface area contributed by atoms with Gasteiger partial charge in [0, 0.05) is 5.69 Å². The second-order valence-electron chi connectivity index (χ2n) is 5.47. The first-order valence-corrected chi connectivity index (χ1v) is 9.22. The fraction of sp³-hybridized carbons (Fsp3) is 0.278. The number of carbonyl (C=O) groups excluding carboxylic acids is 1. The van der Waals surface area contributed by atoms with E-state index in [0.717, 1.165) is 23.1 Å². The van der Waals surface area contributed by atoms with E-state index in [9.17, 15) is 4.79 Å². The van der Waals surface area contributed by atoms with Crippen LogP contribution in [0.3, 0.4) is 0 Å². The number of anilines is 2. The van der Waals surface area contributed by atoms with Crippen molar-refractivity contribution in [2.45, 2.75) is 27.2 Å². The molecule has 0 fully saturated rings. The number of esters is 1. The Labute approximate surface area is 155 Å². The first-order chi connectivity index (χ1) is 12.0. The monoisotopic (exact) mass is 375 g/mol. The van der Waals surface area contributed by atoms with Gasteiger partial charge in [0.15, 0.2) is 0 Å². The van der Waals surface area contributed by atoms with Gasteiger partial charge in [0.2, 0.25) is 5.28 Å². The van der Waals surface area contributed by atoms with Crippen molar-refractivity contribution >= 4 is 50.6 Å². The molecule has 2 heterocycles. The predicted molar refractivity (Wildman–Crippen MR) is 102 cm³/mol. The highest BCUT2D eigenvalue weighted by atomic mass is 35.5. The minimum absolute atomic E-state index is 0.136. The van der Waals surface area contributed by atoms with Gasteiger partial charge >= 0.3 is 5.97 Å². The van der Waals surface area contributed by atoms with Crippen LogP contribution in [0.4, 0.5) is 11.5 Å². The summed E-state index contributed by atoms with van der Waals surface area (Å²) >= 11 is 7.34. The van der Waals surface area contributed by atoms with Gasteiger partial charge in [0.05, 0.1) is 12.0 Å². The van der Waals surface area contributed by atoms with Crippen LogP contribution < -0.4 is 5.32 Å². The van der Waals surface area contributed by atoms with Crippen LogP contribution >= 0.6 is 22.9 Å². The lowest BCUT2D eigenvalue weighted by atomic mass is 10.1. The third-order valence-electron chi connectivity index (χ3n) is 3.85. The lowest BCUT2D eigenvalue weighted by Gasteiger charge is -2.09. The number of hydrogen-bond acceptors (Lipinski definition) is 6. The molecule has 130 valence electrons. The number of benzene rings is 1. The van der Waals surface area contributed by atoms with Gasteiger partial charge in [-0.3, -0.25) is 0 Å². The molecule has 0 spiro atoms. The number of nitrogens with zero attached hydrogens (tertiary/aromatic N) is 2. The molecule has 3 aromatic rings. The molecule has 0 aliphatic heterocycles. The Kier molecular flexibility index (Phi) is 5.20. The van der Waals surface area contributed by atoms with Crippen molar-refractivity contribution in [3.05, 3.63) is 45.6 Å². The maximum atomic E-state index is 12.1. The van der Waals surface area contributed by atoms with E-state index >= 15 is 0 Å². The summed E-state index contributed by atoms with van der Waals surface area (Å²) in [5, 5.41) is 4.21. The van der Waals surface area contributed by atoms with Gasteiger partial charge in [-0.15, -0.1) is 11.3 Å². The van der Waals surface area contributed by atoms with Gasteiger partial charge < -0.3 is 10.1 Å². The van der Waals surface area contributed by atoms with Crippen molar-refractivity contribution in [3.63, 3.8) is 0 Å². The lowest BCUT2D eigenvalue weighted by molar-refractivity contribution is 0.0531. The number of hydrogen-bond donors (Lipinski definition) is 1. The molecular weight excluding hydrogens is 358 g/mol. The molecule has 25 heavy (non-hydrogen) atoms. The number of aromatic nitrogens is 2. The molecule has 0 saturated carbocycles. The molecule has 2 aromatic heterocycles. The highest BCUT2D eigenvalue weighted by molar-refractivity contribution is 7.20. The molecule has 0 aliphatic carbocycles. The summed E-state index contributed by atoms with van der Waals surface area (Å²) in [5.41, 5.74) is 2.95. The zero-order valence-corrected chi connectivity index (χ0v) is 15.8. The number of aryl methyl sites for hydroxylation is 2. The number of fused-ring (bicyclic) bond motifs is 1. The van der Waals surface area contributed by atoms with Crippen LogP contribution in [0.25, 0.3) is 10.2 Å². The highest BCUT2D eigenvalue weighted by Gasteiger charge is 2.21. The molecule has 5 nitrogen and oxygen atoms in total. The Bertz CT molecular complexity index is 922. The summed E-state index contributed by atoms with van der Waals surface area (Å²) in [6.45, 7) is 6.09. The van der Waals surface area contributed by atoms with Gasteiger partial charge in [-0.25, -0.2) is 9.78 Å². The first kappa shape index (κ1) is 17.6. The Morgan fingerprint density at radius 1 is 1.24 bits per heavy atom. The van der Waals surface area contributed by atoms with Crippen LogP contribution in [-0.4, -0.2) is 22.5 Å². The number of thiophene rings is 1. The fourth-order valence-corrected chi connectivity index (χ4v) is 3.85. The van der Waals surface area contributed by atoms with Crippen LogP contribution in [0.2, 0.25) is 5.28 Å². The summed E-state index contributed by atoms with van der Waals surface area (Å²) in [5.74, 6) is 0.237. The largest absolute Gasteiger partial charge is 0.462 e. The number of ether oxygens (including phenoxy) is 1. The van der Waals surface area contributed by atoms with Crippen LogP contribution in [0, 0.1) is 6.92 Å². The standard InChI is InChI=1S/C18H18ClN3O2S/c1-4-11-6-8-12(9-7-11)20-15-13-10(3)14(17(23)24-5-2)25-16(13)22-18(19)21-15/h6-9H,4-5H2,1-3H3,(H,20,21,22). The van der Waals surface area contributed by atoms with E-state index in [-0.39, 0.29) is 11.3 Å². The van der Waals surface area contributed by atoms with Gasteiger partial charge in [-0.2, -0.15) is 4.98 Å². The second-order valence-corrected chi connectivity index (χ2v) is 6.81. The molecule has 7 heteroatoms. The second kappa shape index (κ2) is 7.37. The van der Waals surface area contributed by atoms with Crippen LogP contribution in [0.1, 0.15) is 34.6 Å². The van der Waals surface area contributed by atoms with Crippen LogP contribution in [-0.2, 0) is 11.2 Å². The van der Waals surface area contributed by atoms with E-state index in [1.165, 1.54) is 16.9 Å². The van der Waals surface area contributed by atoms with E-state index in [0.29, 0.717) is 22.1 Å². The molecule has 0 atom stereocenters. The predicted octanol–water partition coefficient (Wildman–Crippen LogP) is 5.14. The Hall–Kier alpha value is -2.18. The average molecular weight is 376 g/mol. The maximum Gasteiger partial charge on any atom is 0.348 e. The summed E-state index contributed by atoms with van der Waals surface area (Å²) in [6.07, 6.45) is 0.983. The molecular formula is C18H18ClN3O2S. The molecule has 0 aliphatic rings. The third-order valence-corrected chi connectivity index (χ3v) is 5.18. The van der Waals surface area contributed by atoms with Crippen LogP contribution in [0.5, 0.6) is 0 Å². The van der Waals surface area contributed by atoms with Crippen molar-refractivity contribution in [1.82, 2.24) is 9.97 Å². The number of halogens is 1. The maximum absolute atomic E-state index is 12.1. The number of nitrogens with one attached hydrogen (secondary N) is 1. The SMILES string of the molecule is CCOC(=O)c1sc2nc(Cl)nc(Nc3ccc(CC)cc3)c2c1C. The smallest absolute Gasteiger partial charge is 0.348 e. The summed E-state index contributed by atoms with van der Waals surface area (Å²) in [7, 11) is 0. The van der Waals surface area contributed by atoms with Crippen molar-refractivity contribution in [2.75, 3.05) is 11.9 Å². The number of carbonyl (C=O) groups is 1. The molecule has 0 saturated heterocycles. The molecule has 1 N–H and O–H groups in total. The van der Waals surface area contributed by atoms with Gasteiger partial charge in [-0.05, 0) is 55.1 Å². The molecule has 0 amide bonds. The van der Waals surface area contributed by atoms with E-state index in [1.807, 2.05) is 19.1 Å².